The molecular formula is C14H19NO2. The molecule has 3 heteroatoms. The zero-order valence-electron chi connectivity index (χ0n) is 10.4. The van der Waals surface area contributed by atoms with E-state index < -0.39 is 0 Å². The Kier molecular flexibility index (Phi) is 3.48. The Morgan fingerprint density at radius 2 is 2.12 bits per heavy atom. The lowest BCUT2D eigenvalue weighted by molar-refractivity contribution is 0.0682. The number of benzene rings is 1. The molecule has 0 heterocycles. The van der Waals surface area contributed by atoms with Crippen LogP contribution in [0.4, 0.5) is 0 Å². The average Bonchev–Trinajstić information content (AvgIpc) is 2.83. The molecule has 0 saturated carbocycles. The number of carbonyl (C=O) groups is 1. The molecule has 92 valence electrons. The largest absolute Gasteiger partial charge is 0.394 e. The summed E-state index contributed by atoms with van der Waals surface area (Å²) in [4.78, 5) is 13.8. The van der Waals surface area contributed by atoms with Crippen molar-refractivity contribution in [2.75, 3.05) is 13.7 Å². The molecule has 0 aromatic heterocycles. The van der Waals surface area contributed by atoms with Crippen molar-refractivity contribution in [2.45, 2.75) is 32.2 Å². The number of aliphatic hydroxyl groups excluding tert-OH is 1. The van der Waals surface area contributed by atoms with Crippen LogP contribution in [0.15, 0.2) is 18.2 Å². The second-order valence-electron chi connectivity index (χ2n) is 4.78. The number of nitrogens with zero attached hydrogens (tertiary/aromatic N) is 1. The highest BCUT2D eigenvalue weighted by atomic mass is 16.3. The van der Waals surface area contributed by atoms with Crippen LogP contribution in [0.2, 0.25) is 0 Å². The van der Waals surface area contributed by atoms with Crippen molar-refractivity contribution in [3.63, 3.8) is 0 Å². The van der Waals surface area contributed by atoms with Crippen LogP contribution in [-0.4, -0.2) is 35.6 Å². The van der Waals surface area contributed by atoms with E-state index in [4.69, 9.17) is 5.11 Å². The Labute approximate surface area is 102 Å². The standard InChI is InChI=1S/C14H19NO2/c1-10(9-16)15(2)14(17)13-7-6-11-4-3-5-12(11)8-13/h6-8,10,16H,3-5,9H2,1-2H3. The zero-order chi connectivity index (χ0) is 12.4. The van der Waals surface area contributed by atoms with E-state index in [0.717, 1.165) is 18.4 Å². The van der Waals surface area contributed by atoms with Gasteiger partial charge in [0, 0.05) is 12.6 Å². The molecule has 17 heavy (non-hydrogen) atoms. The Morgan fingerprint density at radius 1 is 1.41 bits per heavy atom. The predicted octanol–water partition coefficient (Wildman–Crippen LogP) is 1.63. The topological polar surface area (TPSA) is 40.5 Å². The summed E-state index contributed by atoms with van der Waals surface area (Å²) in [5.74, 6) is -0.0127. The zero-order valence-corrected chi connectivity index (χ0v) is 10.4. The number of aliphatic hydroxyl groups is 1. The first kappa shape index (κ1) is 12.1. The molecule has 0 spiro atoms. The summed E-state index contributed by atoms with van der Waals surface area (Å²) in [6.07, 6.45) is 3.40. The molecule has 0 fully saturated rings. The van der Waals surface area contributed by atoms with Crippen LogP contribution in [0.1, 0.15) is 34.8 Å². The Hall–Kier alpha value is -1.35. The van der Waals surface area contributed by atoms with E-state index in [1.165, 1.54) is 17.5 Å². The molecule has 1 aliphatic rings. The van der Waals surface area contributed by atoms with Gasteiger partial charge in [-0.15, -0.1) is 0 Å². The molecule has 2 rings (SSSR count). The number of carbonyl (C=O) groups excluding carboxylic acids is 1. The minimum atomic E-state index is -0.143. The quantitative estimate of drug-likeness (QED) is 0.862. The summed E-state index contributed by atoms with van der Waals surface area (Å²) in [6, 6.07) is 5.82. The van der Waals surface area contributed by atoms with Gasteiger partial charge in [0.05, 0.1) is 12.6 Å². The molecule has 1 N–H and O–H groups in total. The molecule has 0 saturated heterocycles. The van der Waals surface area contributed by atoms with Gasteiger partial charge < -0.3 is 10.0 Å². The maximum absolute atomic E-state index is 12.2. The van der Waals surface area contributed by atoms with Crippen molar-refractivity contribution in [1.29, 1.82) is 0 Å². The minimum Gasteiger partial charge on any atom is -0.394 e. The number of hydrogen-bond acceptors (Lipinski definition) is 2. The summed E-state index contributed by atoms with van der Waals surface area (Å²) >= 11 is 0. The van der Waals surface area contributed by atoms with Gasteiger partial charge in [-0.3, -0.25) is 4.79 Å². The van der Waals surface area contributed by atoms with E-state index in [0.29, 0.717) is 0 Å². The SMILES string of the molecule is CC(CO)N(C)C(=O)c1ccc2c(c1)CCC2. The van der Waals surface area contributed by atoms with Crippen molar-refractivity contribution in [3.8, 4) is 0 Å². The Bertz CT molecular complexity index is 428. The van der Waals surface area contributed by atoms with Gasteiger partial charge in [0.25, 0.3) is 5.91 Å². The molecule has 1 aromatic carbocycles. The molecule has 1 aromatic rings. The Balaban J connectivity index is 2.20. The summed E-state index contributed by atoms with van der Waals surface area (Å²) in [7, 11) is 1.73. The van der Waals surface area contributed by atoms with Crippen LogP contribution in [0.3, 0.4) is 0 Å². The van der Waals surface area contributed by atoms with Crippen LogP contribution < -0.4 is 0 Å². The van der Waals surface area contributed by atoms with Gasteiger partial charge in [0.2, 0.25) is 0 Å². The van der Waals surface area contributed by atoms with Gasteiger partial charge in [-0.05, 0) is 49.4 Å². The fraction of sp³-hybridized carbons (Fsp3) is 0.500. The van der Waals surface area contributed by atoms with E-state index in [2.05, 4.69) is 6.07 Å². The van der Waals surface area contributed by atoms with Gasteiger partial charge in [-0.25, -0.2) is 0 Å². The Morgan fingerprint density at radius 3 is 2.82 bits per heavy atom. The molecule has 0 bridgehead atoms. The first-order valence-corrected chi connectivity index (χ1v) is 6.13. The molecule has 0 aliphatic heterocycles. The second-order valence-corrected chi connectivity index (χ2v) is 4.78. The van der Waals surface area contributed by atoms with Crippen molar-refractivity contribution < 1.29 is 9.90 Å². The smallest absolute Gasteiger partial charge is 0.253 e. The van der Waals surface area contributed by atoms with Crippen molar-refractivity contribution in [2.24, 2.45) is 0 Å². The molecule has 1 unspecified atom stereocenters. The van der Waals surface area contributed by atoms with Crippen molar-refractivity contribution in [3.05, 3.63) is 34.9 Å². The lowest BCUT2D eigenvalue weighted by Gasteiger charge is -2.23. The monoisotopic (exact) mass is 233 g/mol. The summed E-state index contributed by atoms with van der Waals surface area (Å²) in [5, 5.41) is 9.06. The number of amides is 1. The van der Waals surface area contributed by atoms with Gasteiger partial charge in [0.1, 0.15) is 0 Å². The third-order valence-corrected chi connectivity index (χ3v) is 3.59. The molecule has 1 atom stereocenters. The van der Waals surface area contributed by atoms with E-state index in [1.807, 2.05) is 19.1 Å². The lowest BCUT2D eigenvalue weighted by Crippen LogP contribution is -2.37. The predicted molar refractivity (Wildman–Crippen MR) is 67.1 cm³/mol. The van der Waals surface area contributed by atoms with Crippen LogP contribution in [-0.2, 0) is 12.8 Å². The number of likely N-dealkylation sites (N-methyl/N-ethyl adjacent to an activating group) is 1. The molecule has 1 aliphatic carbocycles. The van der Waals surface area contributed by atoms with Crippen LogP contribution in [0.5, 0.6) is 0 Å². The van der Waals surface area contributed by atoms with Gasteiger partial charge in [0.15, 0.2) is 0 Å². The maximum Gasteiger partial charge on any atom is 0.253 e. The average molecular weight is 233 g/mol. The number of aryl methyl sites for hydroxylation is 2. The molecule has 0 radical (unpaired) electrons. The van der Waals surface area contributed by atoms with Crippen molar-refractivity contribution >= 4 is 5.91 Å². The second kappa shape index (κ2) is 4.88. The van der Waals surface area contributed by atoms with E-state index >= 15 is 0 Å². The maximum atomic E-state index is 12.2. The van der Waals surface area contributed by atoms with Crippen LogP contribution in [0, 0.1) is 0 Å². The molecule has 3 nitrogen and oxygen atoms in total. The number of rotatable bonds is 3. The highest BCUT2D eigenvalue weighted by molar-refractivity contribution is 5.94. The number of fused-ring (bicyclic) bond motifs is 1. The van der Waals surface area contributed by atoms with Crippen LogP contribution in [0.25, 0.3) is 0 Å². The molecule has 1 amide bonds. The minimum absolute atomic E-state index is 0.00677. The fourth-order valence-corrected chi connectivity index (χ4v) is 2.23. The first-order valence-electron chi connectivity index (χ1n) is 6.13. The molecular weight excluding hydrogens is 214 g/mol. The van der Waals surface area contributed by atoms with E-state index in [-0.39, 0.29) is 18.6 Å². The third kappa shape index (κ3) is 2.34. The van der Waals surface area contributed by atoms with Crippen molar-refractivity contribution in [1.82, 2.24) is 4.90 Å². The highest BCUT2D eigenvalue weighted by Gasteiger charge is 2.19. The number of hydrogen-bond donors (Lipinski definition) is 1. The van der Waals surface area contributed by atoms with E-state index in [9.17, 15) is 4.79 Å². The third-order valence-electron chi connectivity index (χ3n) is 3.59. The van der Waals surface area contributed by atoms with E-state index in [1.54, 1.807) is 11.9 Å². The lowest BCUT2D eigenvalue weighted by atomic mass is 10.1. The van der Waals surface area contributed by atoms with Gasteiger partial charge in [-0.2, -0.15) is 0 Å². The summed E-state index contributed by atoms with van der Waals surface area (Å²) in [6.45, 7) is 1.83. The first-order chi connectivity index (χ1) is 8.13. The fourth-order valence-electron chi connectivity index (χ4n) is 2.23. The van der Waals surface area contributed by atoms with Gasteiger partial charge in [-0.1, -0.05) is 6.07 Å². The van der Waals surface area contributed by atoms with Gasteiger partial charge >= 0.3 is 0 Å². The highest BCUT2D eigenvalue weighted by Crippen LogP contribution is 2.23. The summed E-state index contributed by atoms with van der Waals surface area (Å²) in [5.41, 5.74) is 3.41. The van der Waals surface area contributed by atoms with Crippen LogP contribution >= 0.6 is 0 Å². The normalized spacial score (nSPS) is 15.5. The summed E-state index contributed by atoms with van der Waals surface area (Å²) < 4.78 is 0.